The van der Waals surface area contributed by atoms with Crippen molar-refractivity contribution in [3.05, 3.63) is 24.3 Å². The molecule has 54 valence electrons. The number of hydrogen-bond acceptors (Lipinski definition) is 2. The Morgan fingerprint density at radius 2 is 2.00 bits per heavy atom. The molecule has 10 heavy (non-hydrogen) atoms. The number of hydrogen-bond donors (Lipinski definition) is 1. The minimum absolute atomic E-state index is 0.655. The zero-order chi connectivity index (χ0) is 7.61. The molecule has 0 aliphatic heterocycles. The zero-order valence-electron chi connectivity index (χ0n) is 5.58. The van der Waals surface area contributed by atoms with Crippen molar-refractivity contribution >= 4 is 5.71 Å². The van der Waals surface area contributed by atoms with Gasteiger partial charge in [0.15, 0.2) is 0 Å². The summed E-state index contributed by atoms with van der Waals surface area (Å²) >= 11 is 0. The molecule has 0 spiro atoms. The van der Waals surface area contributed by atoms with E-state index in [1.807, 2.05) is 0 Å². The van der Waals surface area contributed by atoms with E-state index in [0.717, 1.165) is 12.2 Å². The first-order valence-corrected chi connectivity index (χ1v) is 2.90. The Hall–Kier alpha value is -0.960. The Morgan fingerprint density at radius 1 is 1.50 bits per heavy atom. The summed E-state index contributed by atoms with van der Waals surface area (Å²) < 4.78 is 12.5. The first-order chi connectivity index (χ1) is 4.64. The van der Waals surface area contributed by atoms with Crippen molar-refractivity contribution in [2.24, 2.45) is 4.99 Å². The Balaban J connectivity index is 2.81. The highest BCUT2D eigenvalue weighted by molar-refractivity contribution is 6.05. The van der Waals surface area contributed by atoms with E-state index in [1.54, 1.807) is 7.05 Å². The maximum Gasteiger partial charge on any atom is 0.246 e. The zero-order valence-corrected chi connectivity index (χ0v) is 5.58. The highest BCUT2D eigenvalue weighted by Crippen LogP contribution is 2.14. The van der Waals surface area contributed by atoms with Gasteiger partial charge in [0.25, 0.3) is 0 Å². The number of aliphatic hydroxyl groups is 1. The first-order valence-electron chi connectivity index (χ1n) is 2.90. The van der Waals surface area contributed by atoms with Gasteiger partial charge in [0, 0.05) is 7.05 Å². The van der Waals surface area contributed by atoms with Gasteiger partial charge in [-0.1, -0.05) is 0 Å². The van der Waals surface area contributed by atoms with E-state index in [4.69, 9.17) is 5.11 Å². The second kappa shape index (κ2) is 2.34. The minimum Gasteiger partial charge on any atom is -0.355 e. The SMILES string of the molecule is CN=C1C=CC(O)(F)C=C1. The van der Waals surface area contributed by atoms with E-state index in [2.05, 4.69) is 4.99 Å². The fraction of sp³-hybridized carbons (Fsp3) is 0.286. The van der Waals surface area contributed by atoms with Crippen LogP contribution in [0.4, 0.5) is 4.39 Å². The largest absolute Gasteiger partial charge is 0.355 e. The molecule has 0 heterocycles. The first kappa shape index (κ1) is 7.15. The lowest BCUT2D eigenvalue weighted by molar-refractivity contribution is 0.00643. The maximum absolute atomic E-state index is 12.5. The van der Waals surface area contributed by atoms with Gasteiger partial charge < -0.3 is 5.11 Å². The highest BCUT2D eigenvalue weighted by atomic mass is 19.2. The molecule has 1 aliphatic rings. The Morgan fingerprint density at radius 3 is 2.40 bits per heavy atom. The topological polar surface area (TPSA) is 32.6 Å². The van der Waals surface area contributed by atoms with Crippen LogP contribution in [-0.4, -0.2) is 23.7 Å². The molecule has 0 saturated heterocycles. The van der Waals surface area contributed by atoms with Crippen LogP contribution >= 0.6 is 0 Å². The molecule has 0 unspecified atom stereocenters. The minimum atomic E-state index is -2.28. The fourth-order valence-corrected chi connectivity index (χ4v) is 0.665. The second-order valence-electron chi connectivity index (χ2n) is 2.04. The summed E-state index contributed by atoms with van der Waals surface area (Å²) in [4.78, 5) is 3.78. The van der Waals surface area contributed by atoms with Gasteiger partial charge in [-0.15, -0.1) is 0 Å². The third-order valence-electron chi connectivity index (χ3n) is 1.23. The van der Waals surface area contributed by atoms with Crippen molar-refractivity contribution in [2.75, 3.05) is 7.05 Å². The van der Waals surface area contributed by atoms with E-state index < -0.39 is 5.85 Å². The van der Waals surface area contributed by atoms with Crippen molar-refractivity contribution in [3.8, 4) is 0 Å². The van der Waals surface area contributed by atoms with Crippen LogP contribution in [0, 0.1) is 0 Å². The van der Waals surface area contributed by atoms with Crippen LogP contribution in [0.5, 0.6) is 0 Å². The summed E-state index contributed by atoms with van der Waals surface area (Å²) in [6.45, 7) is 0. The van der Waals surface area contributed by atoms with Crippen molar-refractivity contribution in [1.82, 2.24) is 0 Å². The standard InChI is InChI=1S/C7H8FNO/c1-9-6-2-4-7(8,10)5-3-6/h2-5,10H,1H3. The molecule has 0 bridgehead atoms. The van der Waals surface area contributed by atoms with E-state index in [0.29, 0.717) is 5.71 Å². The molecule has 0 atom stereocenters. The van der Waals surface area contributed by atoms with Gasteiger partial charge in [-0.3, -0.25) is 4.99 Å². The Labute approximate surface area is 58.4 Å². The van der Waals surface area contributed by atoms with E-state index in [1.165, 1.54) is 12.2 Å². The summed E-state index contributed by atoms with van der Waals surface area (Å²) in [5.41, 5.74) is 0.655. The molecule has 1 N–H and O–H groups in total. The quantitative estimate of drug-likeness (QED) is 0.532. The molecule has 1 rings (SSSR count). The number of alkyl halides is 1. The van der Waals surface area contributed by atoms with Gasteiger partial charge in [0.1, 0.15) is 0 Å². The number of aliphatic imine (C=N–C) groups is 1. The molecule has 0 saturated carbocycles. The average molecular weight is 141 g/mol. The number of rotatable bonds is 0. The van der Waals surface area contributed by atoms with Gasteiger partial charge in [-0.05, 0) is 24.3 Å². The highest BCUT2D eigenvalue weighted by Gasteiger charge is 2.19. The van der Waals surface area contributed by atoms with Crippen molar-refractivity contribution in [2.45, 2.75) is 5.85 Å². The van der Waals surface area contributed by atoms with Crippen molar-refractivity contribution < 1.29 is 9.50 Å². The van der Waals surface area contributed by atoms with Gasteiger partial charge >= 0.3 is 0 Å². The Bertz CT molecular complexity index is 198. The number of halogens is 1. The second-order valence-corrected chi connectivity index (χ2v) is 2.04. The van der Waals surface area contributed by atoms with E-state index in [-0.39, 0.29) is 0 Å². The molecule has 0 radical (unpaired) electrons. The van der Waals surface area contributed by atoms with Gasteiger partial charge in [-0.25, -0.2) is 4.39 Å². The normalized spacial score (nSPS) is 30.9. The smallest absolute Gasteiger partial charge is 0.246 e. The third kappa shape index (κ3) is 1.51. The lowest BCUT2D eigenvalue weighted by Crippen LogP contribution is -2.18. The third-order valence-corrected chi connectivity index (χ3v) is 1.23. The lowest BCUT2D eigenvalue weighted by atomic mass is 10.1. The predicted molar refractivity (Wildman–Crippen MR) is 37.7 cm³/mol. The molecule has 0 aromatic rings. The van der Waals surface area contributed by atoms with Crippen LogP contribution < -0.4 is 0 Å². The van der Waals surface area contributed by atoms with E-state index >= 15 is 0 Å². The van der Waals surface area contributed by atoms with Gasteiger partial charge in [0.2, 0.25) is 5.85 Å². The summed E-state index contributed by atoms with van der Waals surface area (Å²) in [7, 11) is 1.60. The van der Waals surface area contributed by atoms with Gasteiger partial charge in [0.05, 0.1) is 5.71 Å². The monoisotopic (exact) mass is 141 g/mol. The molecule has 2 nitrogen and oxygen atoms in total. The lowest BCUT2D eigenvalue weighted by Gasteiger charge is -2.11. The van der Waals surface area contributed by atoms with Crippen molar-refractivity contribution in [3.63, 3.8) is 0 Å². The fourth-order valence-electron chi connectivity index (χ4n) is 0.665. The molecule has 0 amide bonds. The molecular weight excluding hydrogens is 133 g/mol. The van der Waals surface area contributed by atoms with Crippen LogP contribution in [0.15, 0.2) is 29.3 Å². The summed E-state index contributed by atoms with van der Waals surface area (Å²) in [5.74, 6) is -2.28. The maximum atomic E-state index is 12.5. The predicted octanol–water partition coefficient (Wildman–Crippen LogP) is 0.841. The summed E-state index contributed by atoms with van der Waals surface area (Å²) in [5, 5.41) is 8.69. The molecular formula is C7H8FNO. The van der Waals surface area contributed by atoms with Crippen molar-refractivity contribution in [1.29, 1.82) is 0 Å². The van der Waals surface area contributed by atoms with Crippen LogP contribution in [0.1, 0.15) is 0 Å². The van der Waals surface area contributed by atoms with Crippen LogP contribution in [0.2, 0.25) is 0 Å². The average Bonchev–Trinajstić information content (AvgIpc) is 1.88. The molecule has 0 aromatic heterocycles. The molecule has 0 aromatic carbocycles. The molecule has 0 fully saturated rings. The number of nitrogens with zero attached hydrogens (tertiary/aromatic N) is 1. The Kier molecular flexibility index (Phi) is 1.68. The van der Waals surface area contributed by atoms with Crippen LogP contribution in [0.3, 0.4) is 0 Å². The molecule has 1 aliphatic carbocycles. The van der Waals surface area contributed by atoms with Crippen LogP contribution in [-0.2, 0) is 0 Å². The summed E-state index contributed by atoms with van der Waals surface area (Å²) in [6, 6.07) is 0. The van der Waals surface area contributed by atoms with Gasteiger partial charge in [-0.2, -0.15) is 0 Å². The van der Waals surface area contributed by atoms with E-state index in [9.17, 15) is 4.39 Å². The summed E-state index contributed by atoms with van der Waals surface area (Å²) in [6.07, 6.45) is 4.96. The number of allylic oxidation sites excluding steroid dienone is 2. The molecule has 3 heteroatoms. The van der Waals surface area contributed by atoms with Crippen LogP contribution in [0.25, 0.3) is 0 Å².